The molecule has 0 unspecified atom stereocenters. The first-order valence-corrected chi connectivity index (χ1v) is 7.94. The van der Waals surface area contributed by atoms with Crippen molar-refractivity contribution in [2.75, 3.05) is 26.0 Å². The Kier molecular flexibility index (Phi) is 4.59. The second-order valence-electron chi connectivity index (χ2n) is 4.85. The van der Waals surface area contributed by atoms with Gasteiger partial charge in [0.15, 0.2) is 0 Å². The third-order valence-electron chi connectivity index (χ3n) is 3.12. The Bertz CT molecular complexity index is 692. The highest BCUT2D eigenvalue weighted by Crippen LogP contribution is 2.16. The summed E-state index contributed by atoms with van der Waals surface area (Å²) in [6, 6.07) is 6.71. The number of rotatable bonds is 6. The minimum Gasteiger partial charge on any atom is -0.385 e. The van der Waals surface area contributed by atoms with Crippen molar-refractivity contribution in [3.8, 4) is 0 Å². The van der Waals surface area contributed by atoms with Crippen molar-refractivity contribution in [2.45, 2.75) is 11.3 Å². The van der Waals surface area contributed by atoms with Gasteiger partial charge in [-0.15, -0.1) is 10.2 Å². The van der Waals surface area contributed by atoms with Crippen LogP contribution in [0.3, 0.4) is 0 Å². The molecule has 0 bridgehead atoms. The van der Waals surface area contributed by atoms with E-state index in [2.05, 4.69) is 15.5 Å². The van der Waals surface area contributed by atoms with Gasteiger partial charge in [-0.1, -0.05) is 0 Å². The fraction of sp³-hybridized carbons (Fsp3) is 0.385. The first-order chi connectivity index (χ1) is 9.91. The summed E-state index contributed by atoms with van der Waals surface area (Å²) in [4.78, 5) is 0.284. The minimum absolute atomic E-state index is 0.284. The third kappa shape index (κ3) is 3.59. The van der Waals surface area contributed by atoms with E-state index in [0.717, 1.165) is 17.9 Å². The maximum absolute atomic E-state index is 11.9. The molecule has 0 aliphatic rings. The van der Waals surface area contributed by atoms with Crippen molar-refractivity contribution < 1.29 is 8.42 Å². The van der Waals surface area contributed by atoms with Crippen LogP contribution in [0.2, 0.25) is 0 Å². The highest BCUT2D eigenvalue weighted by atomic mass is 32.2. The van der Waals surface area contributed by atoms with E-state index in [9.17, 15) is 8.42 Å². The smallest absolute Gasteiger partial charge is 0.242 e. The van der Waals surface area contributed by atoms with Crippen LogP contribution in [0.4, 0.5) is 5.69 Å². The molecule has 1 aromatic carbocycles. The van der Waals surface area contributed by atoms with Gasteiger partial charge < -0.3 is 9.88 Å². The van der Waals surface area contributed by atoms with E-state index in [1.54, 1.807) is 30.6 Å². The largest absolute Gasteiger partial charge is 0.385 e. The Morgan fingerprint density at radius 2 is 1.90 bits per heavy atom. The number of hydrogen-bond acceptors (Lipinski definition) is 5. The summed E-state index contributed by atoms with van der Waals surface area (Å²) in [6.45, 7) is 0.701. The normalized spacial score (nSPS) is 11.8. The molecular weight excluding hydrogens is 290 g/mol. The molecule has 0 amide bonds. The first-order valence-electron chi connectivity index (χ1n) is 6.50. The summed E-state index contributed by atoms with van der Waals surface area (Å²) >= 11 is 0. The molecule has 7 nitrogen and oxygen atoms in total. The number of hydrogen-bond donors (Lipinski definition) is 1. The zero-order chi connectivity index (χ0) is 15.5. The average molecular weight is 309 g/mol. The van der Waals surface area contributed by atoms with E-state index in [1.165, 1.54) is 18.4 Å². The van der Waals surface area contributed by atoms with Gasteiger partial charge in [0.05, 0.1) is 4.90 Å². The fourth-order valence-corrected chi connectivity index (χ4v) is 2.71. The van der Waals surface area contributed by atoms with E-state index in [1.807, 2.05) is 11.6 Å². The molecule has 2 rings (SSSR count). The quantitative estimate of drug-likeness (QED) is 0.850. The van der Waals surface area contributed by atoms with Crippen LogP contribution < -0.4 is 5.32 Å². The zero-order valence-electron chi connectivity index (χ0n) is 12.3. The van der Waals surface area contributed by atoms with Crippen LogP contribution in [0, 0.1) is 0 Å². The lowest BCUT2D eigenvalue weighted by molar-refractivity contribution is 0.521. The van der Waals surface area contributed by atoms with Crippen molar-refractivity contribution in [1.82, 2.24) is 19.1 Å². The van der Waals surface area contributed by atoms with Gasteiger partial charge in [-0.2, -0.15) is 0 Å². The van der Waals surface area contributed by atoms with Gasteiger partial charge >= 0.3 is 0 Å². The Labute approximate surface area is 124 Å². The number of aromatic nitrogens is 3. The van der Waals surface area contributed by atoms with Gasteiger partial charge in [0.1, 0.15) is 12.2 Å². The minimum atomic E-state index is -3.37. The standard InChI is InChI=1S/C13H19N5O2S/c1-17(2)21(19,20)12-6-4-11(5-7-12)14-9-8-13-16-15-10-18(13)3/h4-7,10,14H,8-9H2,1-3H3. The second-order valence-corrected chi connectivity index (χ2v) is 7.00. The number of aryl methyl sites for hydroxylation is 1. The number of benzene rings is 1. The SMILES string of the molecule is CN(C)S(=O)(=O)c1ccc(NCCc2nncn2C)cc1. The molecule has 0 saturated carbocycles. The van der Waals surface area contributed by atoms with E-state index in [4.69, 9.17) is 0 Å². The molecule has 0 fully saturated rings. The van der Waals surface area contributed by atoms with E-state index in [0.29, 0.717) is 6.54 Å². The maximum atomic E-state index is 11.9. The lowest BCUT2D eigenvalue weighted by Crippen LogP contribution is -2.22. The average Bonchev–Trinajstić information content (AvgIpc) is 2.85. The Morgan fingerprint density at radius 3 is 2.43 bits per heavy atom. The molecule has 2 aromatic rings. The van der Waals surface area contributed by atoms with Gasteiger partial charge in [-0.3, -0.25) is 0 Å². The predicted molar refractivity (Wildman–Crippen MR) is 80.5 cm³/mol. The monoisotopic (exact) mass is 309 g/mol. The zero-order valence-corrected chi connectivity index (χ0v) is 13.1. The molecule has 0 atom stereocenters. The molecular formula is C13H19N5O2S. The molecule has 21 heavy (non-hydrogen) atoms. The lowest BCUT2D eigenvalue weighted by Gasteiger charge is -2.12. The van der Waals surface area contributed by atoms with E-state index < -0.39 is 10.0 Å². The van der Waals surface area contributed by atoms with Gasteiger partial charge in [0.25, 0.3) is 0 Å². The van der Waals surface area contributed by atoms with Crippen LogP contribution in [0.25, 0.3) is 0 Å². The molecule has 1 heterocycles. The van der Waals surface area contributed by atoms with Gasteiger partial charge in [-0.25, -0.2) is 12.7 Å². The Morgan fingerprint density at radius 1 is 1.24 bits per heavy atom. The lowest BCUT2D eigenvalue weighted by atomic mass is 10.3. The first kappa shape index (κ1) is 15.5. The van der Waals surface area contributed by atoms with Crippen molar-refractivity contribution >= 4 is 15.7 Å². The third-order valence-corrected chi connectivity index (χ3v) is 4.95. The highest BCUT2D eigenvalue weighted by Gasteiger charge is 2.16. The number of sulfonamides is 1. The summed E-state index contributed by atoms with van der Waals surface area (Å²) < 4.78 is 26.9. The van der Waals surface area contributed by atoms with E-state index >= 15 is 0 Å². The van der Waals surface area contributed by atoms with Crippen LogP contribution in [-0.2, 0) is 23.5 Å². The van der Waals surface area contributed by atoms with Crippen LogP contribution in [0.1, 0.15) is 5.82 Å². The molecule has 1 N–H and O–H groups in total. The van der Waals surface area contributed by atoms with Gasteiger partial charge in [0, 0.05) is 39.8 Å². The molecule has 1 aromatic heterocycles. The van der Waals surface area contributed by atoms with Crippen LogP contribution in [0.5, 0.6) is 0 Å². The molecule has 0 aliphatic heterocycles. The molecule has 0 radical (unpaired) electrons. The Balaban J connectivity index is 1.96. The number of nitrogens with one attached hydrogen (secondary N) is 1. The summed E-state index contributed by atoms with van der Waals surface area (Å²) in [5.41, 5.74) is 0.870. The highest BCUT2D eigenvalue weighted by molar-refractivity contribution is 7.89. The summed E-state index contributed by atoms with van der Waals surface area (Å²) in [5.74, 6) is 0.898. The summed E-state index contributed by atoms with van der Waals surface area (Å²) in [6.07, 6.45) is 2.41. The van der Waals surface area contributed by atoms with Crippen LogP contribution in [0.15, 0.2) is 35.5 Å². The predicted octanol–water partition coefficient (Wildman–Crippen LogP) is 0.720. The van der Waals surface area contributed by atoms with Crippen molar-refractivity contribution in [3.63, 3.8) is 0 Å². The van der Waals surface area contributed by atoms with Crippen molar-refractivity contribution in [1.29, 1.82) is 0 Å². The number of anilines is 1. The number of nitrogens with zero attached hydrogens (tertiary/aromatic N) is 4. The fourth-order valence-electron chi connectivity index (χ4n) is 1.81. The molecule has 0 aliphatic carbocycles. The molecule has 8 heteroatoms. The van der Waals surface area contributed by atoms with E-state index in [-0.39, 0.29) is 4.90 Å². The van der Waals surface area contributed by atoms with Gasteiger partial charge in [0.2, 0.25) is 10.0 Å². The summed E-state index contributed by atoms with van der Waals surface area (Å²) in [7, 11) is 1.56. The molecule has 0 spiro atoms. The maximum Gasteiger partial charge on any atom is 0.242 e. The topological polar surface area (TPSA) is 80.1 Å². The van der Waals surface area contributed by atoms with Gasteiger partial charge in [-0.05, 0) is 24.3 Å². The van der Waals surface area contributed by atoms with Crippen molar-refractivity contribution in [2.24, 2.45) is 7.05 Å². The second kappa shape index (κ2) is 6.23. The molecule has 114 valence electrons. The Hall–Kier alpha value is -1.93. The summed E-state index contributed by atoms with van der Waals surface area (Å²) in [5, 5.41) is 11.0. The van der Waals surface area contributed by atoms with Crippen LogP contribution >= 0.6 is 0 Å². The van der Waals surface area contributed by atoms with Crippen LogP contribution in [-0.4, -0.2) is 48.1 Å². The van der Waals surface area contributed by atoms with Crippen molar-refractivity contribution in [3.05, 3.63) is 36.4 Å². The molecule has 0 saturated heterocycles.